The smallest absolute Gasteiger partial charge is 0.166 e. The number of hydrazine groups is 1. The first-order valence-corrected chi connectivity index (χ1v) is 5.37. The van der Waals surface area contributed by atoms with Crippen LogP contribution in [0.5, 0.6) is 0 Å². The van der Waals surface area contributed by atoms with Gasteiger partial charge >= 0.3 is 0 Å². The Labute approximate surface area is 83.8 Å². The van der Waals surface area contributed by atoms with Crippen LogP contribution in [0.4, 0.5) is 0 Å². The number of fused-ring (bicyclic) bond motifs is 1. The van der Waals surface area contributed by atoms with Crippen molar-refractivity contribution in [2.45, 2.75) is 20.0 Å². The van der Waals surface area contributed by atoms with Gasteiger partial charge in [-0.15, -0.1) is 0 Å². The molecule has 5 nitrogen and oxygen atoms in total. The molecule has 2 aliphatic rings. The van der Waals surface area contributed by atoms with Gasteiger partial charge in [-0.1, -0.05) is 0 Å². The van der Waals surface area contributed by atoms with Crippen LogP contribution in [0.15, 0.2) is 21.9 Å². The molecule has 2 aliphatic heterocycles. The quantitative estimate of drug-likeness (QED) is 0.696. The number of nitrogens with zero attached hydrogens (tertiary/aromatic N) is 3. The van der Waals surface area contributed by atoms with Crippen LogP contribution in [0, 0.1) is 0 Å². The third kappa shape index (κ3) is 1.49. The van der Waals surface area contributed by atoms with Gasteiger partial charge in [0.05, 0.1) is 17.6 Å². The molecule has 6 heteroatoms. The van der Waals surface area contributed by atoms with E-state index in [9.17, 15) is 4.57 Å². The second-order valence-corrected chi connectivity index (χ2v) is 3.85. The SMILES string of the molecule is CC1=CN=C(C)C2=NC(CP=O)NN12. The van der Waals surface area contributed by atoms with Crippen LogP contribution in [0.25, 0.3) is 0 Å². The summed E-state index contributed by atoms with van der Waals surface area (Å²) >= 11 is 0. The van der Waals surface area contributed by atoms with Crippen molar-refractivity contribution < 1.29 is 4.57 Å². The zero-order valence-electron chi connectivity index (χ0n) is 8.06. The van der Waals surface area contributed by atoms with Gasteiger partial charge < -0.3 is 0 Å². The fraction of sp³-hybridized carbons (Fsp3) is 0.500. The highest BCUT2D eigenvalue weighted by Crippen LogP contribution is 2.17. The fourth-order valence-corrected chi connectivity index (χ4v) is 1.73. The Balaban J connectivity index is 2.25. The van der Waals surface area contributed by atoms with Crippen molar-refractivity contribution in [1.29, 1.82) is 0 Å². The highest BCUT2D eigenvalue weighted by molar-refractivity contribution is 7.23. The summed E-state index contributed by atoms with van der Waals surface area (Å²) in [7, 11) is 0.107. The molecule has 2 heterocycles. The highest BCUT2D eigenvalue weighted by Gasteiger charge is 2.28. The molecule has 1 unspecified atom stereocenters. The Morgan fingerprint density at radius 2 is 2.43 bits per heavy atom. The Kier molecular flexibility index (Phi) is 2.44. The van der Waals surface area contributed by atoms with Gasteiger partial charge in [0.25, 0.3) is 0 Å². The third-order valence-corrected chi connectivity index (χ3v) is 2.63. The molecule has 1 atom stereocenters. The predicted molar refractivity (Wildman–Crippen MR) is 55.5 cm³/mol. The Morgan fingerprint density at radius 3 is 3.07 bits per heavy atom. The van der Waals surface area contributed by atoms with Gasteiger partial charge in [0.2, 0.25) is 0 Å². The molecule has 0 aliphatic carbocycles. The van der Waals surface area contributed by atoms with Gasteiger partial charge in [-0.25, -0.2) is 10.4 Å². The molecule has 0 aromatic heterocycles. The van der Waals surface area contributed by atoms with Gasteiger partial charge in [0.1, 0.15) is 6.17 Å². The summed E-state index contributed by atoms with van der Waals surface area (Å²) in [6.07, 6.45) is 2.18. The molecule has 0 saturated heterocycles. The molecule has 1 N–H and O–H groups in total. The summed E-state index contributed by atoms with van der Waals surface area (Å²) < 4.78 is 10.5. The molecule has 0 radical (unpaired) electrons. The van der Waals surface area contributed by atoms with E-state index in [4.69, 9.17) is 0 Å². The number of allylic oxidation sites excluding steroid dienone is 1. The zero-order valence-corrected chi connectivity index (χ0v) is 8.95. The largest absolute Gasteiger partial charge is 0.275 e. The average molecular weight is 210 g/mol. The second kappa shape index (κ2) is 3.59. The van der Waals surface area contributed by atoms with Gasteiger partial charge in [0, 0.05) is 6.20 Å². The molecule has 0 spiro atoms. The summed E-state index contributed by atoms with van der Waals surface area (Å²) in [5.41, 5.74) is 5.03. The average Bonchev–Trinajstić information content (AvgIpc) is 2.57. The Morgan fingerprint density at radius 1 is 1.64 bits per heavy atom. The molecule has 0 amide bonds. The summed E-state index contributed by atoms with van der Waals surface area (Å²) in [5.74, 6) is 0.832. The van der Waals surface area contributed by atoms with Gasteiger partial charge in [-0.2, -0.15) is 0 Å². The van der Waals surface area contributed by atoms with E-state index >= 15 is 0 Å². The lowest BCUT2D eigenvalue weighted by Gasteiger charge is -2.23. The van der Waals surface area contributed by atoms with Gasteiger partial charge in [0.15, 0.2) is 14.3 Å². The lowest BCUT2D eigenvalue weighted by Crippen LogP contribution is -2.43. The second-order valence-electron chi connectivity index (χ2n) is 3.23. The lowest BCUT2D eigenvalue weighted by atomic mass is 10.3. The van der Waals surface area contributed by atoms with E-state index in [-0.39, 0.29) is 14.6 Å². The van der Waals surface area contributed by atoms with Crippen LogP contribution in [0.2, 0.25) is 0 Å². The molecule has 0 aromatic rings. The normalized spacial score (nSPS) is 25.7. The van der Waals surface area contributed by atoms with E-state index in [0.29, 0.717) is 6.16 Å². The van der Waals surface area contributed by atoms with Crippen molar-refractivity contribution in [2.24, 2.45) is 9.98 Å². The maximum atomic E-state index is 10.5. The van der Waals surface area contributed by atoms with Crippen molar-refractivity contribution in [3.63, 3.8) is 0 Å². The van der Waals surface area contributed by atoms with E-state index in [1.807, 2.05) is 18.9 Å². The minimum atomic E-state index is -0.101. The minimum Gasteiger partial charge on any atom is -0.275 e. The van der Waals surface area contributed by atoms with E-state index in [1.165, 1.54) is 0 Å². The molecule has 0 bridgehead atoms. The number of hydrogen-bond donors (Lipinski definition) is 1. The first kappa shape index (κ1) is 9.49. The molecule has 0 aromatic carbocycles. The maximum Gasteiger partial charge on any atom is 0.166 e. The summed E-state index contributed by atoms with van der Waals surface area (Å²) in [6, 6.07) is 0. The molecule has 2 rings (SSSR count). The molecule has 74 valence electrons. The molecule has 14 heavy (non-hydrogen) atoms. The maximum absolute atomic E-state index is 10.5. The summed E-state index contributed by atoms with van der Waals surface area (Å²) in [5, 5.41) is 1.89. The molecule has 0 saturated carbocycles. The molecule has 0 fully saturated rings. The first-order chi connectivity index (χ1) is 6.72. The van der Waals surface area contributed by atoms with Gasteiger partial charge in [-0.05, 0) is 13.8 Å². The zero-order chi connectivity index (χ0) is 10.1. The highest BCUT2D eigenvalue weighted by atomic mass is 31.1. The van der Waals surface area contributed by atoms with Crippen molar-refractivity contribution in [2.75, 3.05) is 6.16 Å². The fourth-order valence-electron chi connectivity index (χ4n) is 1.43. The van der Waals surface area contributed by atoms with Crippen LogP contribution < -0.4 is 5.43 Å². The number of hydrogen-bond acceptors (Lipinski definition) is 5. The van der Waals surface area contributed by atoms with Crippen LogP contribution in [-0.2, 0) is 4.57 Å². The number of rotatable bonds is 2. The summed E-state index contributed by atoms with van der Waals surface area (Å²) in [4.78, 5) is 8.59. The van der Waals surface area contributed by atoms with E-state index in [2.05, 4.69) is 15.4 Å². The molecular formula is C8H11N4OP. The predicted octanol–water partition coefficient (Wildman–Crippen LogP) is 1.16. The van der Waals surface area contributed by atoms with E-state index in [1.54, 1.807) is 6.20 Å². The topological polar surface area (TPSA) is 57.1 Å². The summed E-state index contributed by atoms with van der Waals surface area (Å²) in [6.45, 7) is 3.86. The van der Waals surface area contributed by atoms with Crippen LogP contribution >= 0.6 is 8.46 Å². The number of amidine groups is 1. The van der Waals surface area contributed by atoms with Crippen LogP contribution in [-0.4, -0.2) is 28.9 Å². The molecular weight excluding hydrogens is 199 g/mol. The minimum absolute atomic E-state index is 0.101. The van der Waals surface area contributed by atoms with Crippen LogP contribution in [0.1, 0.15) is 13.8 Å². The third-order valence-electron chi connectivity index (χ3n) is 2.14. The Hall–Kier alpha value is -1.06. The van der Waals surface area contributed by atoms with E-state index < -0.39 is 0 Å². The number of nitrogens with one attached hydrogen (secondary N) is 1. The van der Waals surface area contributed by atoms with Crippen molar-refractivity contribution >= 4 is 20.0 Å². The first-order valence-electron chi connectivity index (χ1n) is 4.37. The number of aliphatic imine (C=N–C) groups is 2. The Bertz CT molecular complexity index is 360. The van der Waals surface area contributed by atoms with Crippen molar-refractivity contribution in [1.82, 2.24) is 10.4 Å². The standard InChI is InChI=1S/C8H11N4OP/c1-5-3-9-6(2)8-10-7(4-14-13)11-12(5)8/h3,7,11H,4H2,1-2H3. The lowest BCUT2D eigenvalue weighted by molar-refractivity contribution is 0.371. The van der Waals surface area contributed by atoms with Crippen molar-refractivity contribution in [3.05, 3.63) is 11.9 Å². The van der Waals surface area contributed by atoms with Crippen molar-refractivity contribution in [3.8, 4) is 0 Å². The van der Waals surface area contributed by atoms with Crippen LogP contribution in [0.3, 0.4) is 0 Å². The monoisotopic (exact) mass is 210 g/mol. The van der Waals surface area contributed by atoms with Gasteiger partial charge in [-0.3, -0.25) is 14.6 Å². The van der Waals surface area contributed by atoms with E-state index in [0.717, 1.165) is 17.2 Å².